The van der Waals surface area contributed by atoms with E-state index in [0.29, 0.717) is 0 Å². The maximum Gasteiger partial charge on any atom is 0.444 e. The van der Waals surface area contributed by atoms with Gasteiger partial charge in [-0.05, 0) is 41.5 Å². The first-order chi connectivity index (χ1) is 12.1. The molecule has 1 aliphatic rings. The van der Waals surface area contributed by atoms with Crippen LogP contribution in [-0.2, 0) is 28.7 Å². The van der Waals surface area contributed by atoms with Crippen molar-refractivity contribution < 1.29 is 43.5 Å². The number of nitrogens with zero attached hydrogens (tertiary/aromatic N) is 2. The number of rotatable bonds is 4. The van der Waals surface area contributed by atoms with E-state index in [2.05, 4.69) is 0 Å². The average molecular weight is 388 g/mol. The van der Waals surface area contributed by atoms with E-state index in [0.717, 1.165) is 0 Å². The lowest BCUT2D eigenvalue weighted by molar-refractivity contribution is -0.173. The van der Waals surface area contributed by atoms with Crippen LogP contribution in [0.3, 0.4) is 0 Å². The second-order valence-corrected chi connectivity index (χ2v) is 7.80. The Morgan fingerprint density at radius 1 is 1.04 bits per heavy atom. The topological polar surface area (TPSA) is 140 Å². The summed E-state index contributed by atoms with van der Waals surface area (Å²) in [6.45, 7) is 8.45. The van der Waals surface area contributed by atoms with Crippen LogP contribution in [0.2, 0.25) is 0 Å². The van der Waals surface area contributed by atoms with Gasteiger partial charge >= 0.3 is 12.2 Å². The molecule has 11 nitrogen and oxygen atoms in total. The summed E-state index contributed by atoms with van der Waals surface area (Å²) >= 11 is 0. The van der Waals surface area contributed by atoms with E-state index < -0.39 is 59.9 Å². The van der Waals surface area contributed by atoms with Gasteiger partial charge in [0.1, 0.15) is 23.7 Å². The highest BCUT2D eigenvalue weighted by molar-refractivity contribution is 6.13. The summed E-state index contributed by atoms with van der Waals surface area (Å²) in [6, 6.07) is 0. The summed E-state index contributed by atoms with van der Waals surface area (Å²) in [7, 11) is 0. The third-order valence-corrected chi connectivity index (χ3v) is 2.97. The van der Waals surface area contributed by atoms with Gasteiger partial charge in [-0.3, -0.25) is 24.4 Å². The zero-order valence-corrected chi connectivity index (χ0v) is 16.1. The Morgan fingerprint density at radius 3 is 1.81 bits per heavy atom. The highest BCUT2D eigenvalue weighted by atomic mass is 16.8. The van der Waals surface area contributed by atoms with Gasteiger partial charge in [-0.1, -0.05) is 5.06 Å². The Morgan fingerprint density at radius 2 is 1.48 bits per heavy atom. The van der Waals surface area contributed by atoms with Crippen molar-refractivity contribution in [3.8, 4) is 0 Å². The standard InChI is InChI=1S/C16H24N2O9/c1-15(2,3)26-13(22)18(14(23)27-16(4,5)6)25-8-10(19)9-7-11(20)17(24)12(9)21/h9,24H,7-8H2,1-6H3. The van der Waals surface area contributed by atoms with Gasteiger partial charge in [0, 0.05) is 6.42 Å². The minimum atomic E-state index is -1.46. The van der Waals surface area contributed by atoms with Crippen LogP contribution in [0, 0.1) is 5.92 Å². The lowest BCUT2D eigenvalue weighted by atomic mass is 10.0. The highest BCUT2D eigenvalue weighted by Gasteiger charge is 2.43. The van der Waals surface area contributed by atoms with Crippen LogP contribution in [0.1, 0.15) is 48.0 Å². The molecule has 1 saturated heterocycles. The maximum absolute atomic E-state index is 12.2. The van der Waals surface area contributed by atoms with Gasteiger partial charge in [-0.25, -0.2) is 9.59 Å². The van der Waals surface area contributed by atoms with Crippen LogP contribution < -0.4 is 0 Å². The molecule has 4 amide bonds. The Labute approximate surface area is 156 Å². The molecule has 0 aromatic rings. The molecular formula is C16H24N2O9. The normalized spacial score (nSPS) is 17.7. The van der Waals surface area contributed by atoms with Crippen LogP contribution in [0.5, 0.6) is 0 Å². The van der Waals surface area contributed by atoms with Crippen molar-refractivity contribution in [3.05, 3.63) is 0 Å². The van der Waals surface area contributed by atoms with Crippen LogP contribution in [0.25, 0.3) is 0 Å². The Bertz CT molecular complexity index is 617. The van der Waals surface area contributed by atoms with E-state index in [1.165, 1.54) is 0 Å². The van der Waals surface area contributed by atoms with Crippen LogP contribution >= 0.6 is 0 Å². The molecule has 1 N–H and O–H groups in total. The summed E-state index contributed by atoms with van der Waals surface area (Å²) in [5.41, 5.74) is -1.92. The number of ketones is 1. The fourth-order valence-electron chi connectivity index (χ4n) is 1.89. The molecule has 11 heteroatoms. The second kappa shape index (κ2) is 8.01. The van der Waals surface area contributed by atoms with Gasteiger partial charge in [-0.2, -0.15) is 5.06 Å². The first-order valence-corrected chi connectivity index (χ1v) is 8.10. The van der Waals surface area contributed by atoms with Crippen molar-refractivity contribution in [1.82, 2.24) is 10.1 Å². The van der Waals surface area contributed by atoms with Gasteiger partial charge < -0.3 is 9.47 Å². The van der Waals surface area contributed by atoms with Crippen molar-refractivity contribution in [2.45, 2.75) is 59.2 Å². The molecule has 1 aliphatic heterocycles. The number of hydrogen-bond acceptors (Lipinski definition) is 9. The van der Waals surface area contributed by atoms with Crippen molar-refractivity contribution in [2.75, 3.05) is 6.61 Å². The number of ether oxygens (including phenoxy) is 2. The van der Waals surface area contributed by atoms with Crippen molar-refractivity contribution in [2.24, 2.45) is 5.92 Å². The van der Waals surface area contributed by atoms with Crippen LogP contribution in [-0.4, -0.2) is 62.9 Å². The SMILES string of the molecule is CC(C)(C)OC(=O)N(OCC(=O)C1CC(=O)N(O)C1=O)C(=O)OC(C)(C)C. The van der Waals surface area contributed by atoms with E-state index in [9.17, 15) is 29.2 Å². The number of Topliss-reactive ketones (excluding diaryl/α,β-unsaturated/α-hetero) is 1. The molecule has 152 valence electrons. The van der Waals surface area contributed by atoms with Crippen LogP contribution in [0.4, 0.5) is 9.59 Å². The summed E-state index contributed by atoms with van der Waals surface area (Å²) in [5, 5.41) is 9.16. The first-order valence-electron chi connectivity index (χ1n) is 8.10. The van der Waals surface area contributed by atoms with E-state index in [4.69, 9.17) is 14.3 Å². The summed E-state index contributed by atoms with van der Waals surface area (Å²) < 4.78 is 10.1. The van der Waals surface area contributed by atoms with Gasteiger partial charge in [0.15, 0.2) is 5.78 Å². The minimum Gasteiger partial charge on any atom is -0.442 e. The molecule has 1 atom stereocenters. The summed E-state index contributed by atoms with van der Waals surface area (Å²) in [6.07, 6.45) is -2.97. The van der Waals surface area contributed by atoms with Gasteiger partial charge in [0.05, 0.1) is 0 Å². The maximum atomic E-state index is 12.2. The molecule has 1 unspecified atom stereocenters. The summed E-state index contributed by atoms with van der Waals surface area (Å²) in [4.78, 5) is 64.3. The quantitative estimate of drug-likeness (QED) is 0.328. The largest absolute Gasteiger partial charge is 0.444 e. The molecule has 1 rings (SSSR count). The Hall–Kier alpha value is -2.53. The third kappa shape index (κ3) is 6.61. The van der Waals surface area contributed by atoms with E-state index in [1.54, 1.807) is 41.5 Å². The molecule has 0 spiro atoms. The molecule has 0 aromatic carbocycles. The molecular weight excluding hydrogens is 364 g/mol. The zero-order valence-electron chi connectivity index (χ0n) is 16.1. The number of amides is 4. The van der Waals surface area contributed by atoms with Gasteiger partial charge in [0.25, 0.3) is 11.8 Å². The lowest BCUT2D eigenvalue weighted by Crippen LogP contribution is -2.44. The van der Waals surface area contributed by atoms with E-state index in [1.807, 2.05) is 0 Å². The summed E-state index contributed by atoms with van der Waals surface area (Å²) in [5.74, 6) is -4.40. The minimum absolute atomic E-state index is 0.131. The third-order valence-electron chi connectivity index (χ3n) is 2.97. The predicted octanol–water partition coefficient (Wildman–Crippen LogP) is 1.42. The first kappa shape index (κ1) is 22.5. The smallest absolute Gasteiger partial charge is 0.442 e. The second-order valence-electron chi connectivity index (χ2n) is 7.80. The molecule has 0 aromatic heterocycles. The Kier molecular flexibility index (Phi) is 6.68. The van der Waals surface area contributed by atoms with Crippen molar-refractivity contribution in [1.29, 1.82) is 0 Å². The van der Waals surface area contributed by atoms with Crippen LogP contribution in [0.15, 0.2) is 0 Å². The lowest BCUT2D eigenvalue weighted by Gasteiger charge is -2.27. The predicted molar refractivity (Wildman–Crippen MR) is 87.0 cm³/mol. The molecule has 0 bridgehead atoms. The zero-order chi connectivity index (χ0) is 21.2. The molecule has 0 saturated carbocycles. The van der Waals surface area contributed by atoms with Crippen molar-refractivity contribution in [3.63, 3.8) is 0 Å². The number of hydrogen-bond donors (Lipinski definition) is 1. The average Bonchev–Trinajstić information content (AvgIpc) is 2.71. The van der Waals surface area contributed by atoms with E-state index in [-0.39, 0.29) is 10.1 Å². The Balaban J connectivity index is 2.86. The molecule has 0 aliphatic carbocycles. The number of hydroxylamine groups is 4. The number of carbonyl (C=O) groups is 5. The fourth-order valence-corrected chi connectivity index (χ4v) is 1.89. The van der Waals surface area contributed by atoms with Gasteiger partial charge in [-0.15, -0.1) is 0 Å². The van der Waals surface area contributed by atoms with Gasteiger partial charge in [0.2, 0.25) is 0 Å². The highest BCUT2D eigenvalue weighted by Crippen LogP contribution is 2.20. The monoisotopic (exact) mass is 388 g/mol. The molecule has 27 heavy (non-hydrogen) atoms. The molecule has 1 heterocycles. The fraction of sp³-hybridized carbons (Fsp3) is 0.688. The van der Waals surface area contributed by atoms with E-state index >= 15 is 0 Å². The number of carbonyl (C=O) groups excluding carboxylic acids is 5. The molecule has 1 fully saturated rings. The van der Waals surface area contributed by atoms with Crippen molar-refractivity contribution >= 4 is 29.8 Å². The molecule has 0 radical (unpaired) electrons. The number of imide groups is 2.